The van der Waals surface area contributed by atoms with E-state index in [-0.39, 0.29) is 0 Å². The van der Waals surface area contributed by atoms with Gasteiger partial charge in [0, 0.05) is 75.6 Å². The quantitative estimate of drug-likeness (QED) is 0.226. The van der Waals surface area contributed by atoms with E-state index in [0.29, 0.717) is 0 Å². The first kappa shape index (κ1) is 27.8. The predicted molar refractivity (Wildman–Crippen MR) is 155 cm³/mol. The molecule has 0 aliphatic heterocycles. The standard InChI is InChI=1S/C33H36N4/c1-4-28-7-13-31(14-8-28)25-34-19-22-37(23-20-35-26-32-15-9-29(5-2)10-16-32)24-21-36-27-33-17-11-30(6-3)12-18-33/h1-3,7-18,34-36H,19-27H2. The smallest absolute Gasteiger partial charge is 0.0242 e. The highest BCUT2D eigenvalue weighted by atomic mass is 15.2. The van der Waals surface area contributed by atoms with Crippen LogP contribution in [0.15, 0.2) is 72.8 Å². The highest BCUT2D eigenvalue weighted by Gasteiger charge is 2.05. The molecule has 3 aromatic rings. The van der Waals surface area contributed by atoms with Gasteiger partial charge in [0.1, 0.15) is 0 Å². The third-order valence-corrected chi connectivity index (χ3v) is 6.16. The zero-order valence-corrected chi connectivity index (χ0v) is 21.5. The molecule has 0 spiro atoms. The largest absolute Gasteiger partial charge is 0.311 e. The first-order chi connectivity index (χ1) is 18.2. The molecule has 0 fully saturated rings. The van der Waals surface area contributed by atoms with E-state index in [4.69, 9.17) is 19.3 Å². The van der Waals surface area contributed by atoms with Crippen molar-refractivity contribution < 1.29 is 0 Å². The van der Waals surface area contributed by atoms with Crippen LogP contribution < -0.4 is 16.0 Å². The lowest BCUT2D eigenvalue weighted by atomic mass is 10.1. The Kier molecular flexibility index (Phi) is 12.0. The van der Waals surface area contributed by atoms with Gasteiger partial charge in [-0.15, -0.1) is 19.3 Å². The van der Waals surface area contributed by atoms with Crippen LogP contribution in [-0.4, -0.2) is 44.2 Å². The lowest BCUT2D eigenvalue weighted by molar-refractivity contribution is 0.271. The number of nitrogens with zero attached hydrogens (tertiary/aromatic N) is 1. The molecule has 0 unspecified atom stereocenters. The van der Waals surface area contributed by atoms with Gasteiger partial charge in [-0.05, 0) is 53.1 Å². The molecule has 4 heteroatoms. The van der Waals surface area contributed by atoms with Gasteiger partial charge in [-0.2, -0.15) is 0 Å². The molecule has 3 aromatic carbocycles. The fourth-order valence-corrected chi connectivity index (χ4v) is 3.90. The van der Waals surface area contributed by atoms with Gasteiger partial charge in [0.2, 0.25) is 0 Å². The highest BCUT2D eigenvalue weighted by molar-refractivity contribution is 5.35. The fraction of sp³-hybridized carbons (Fsp3) is 0.273. The lowest BCUT2D eigenvalue weighted by Gasteiger charge is -2.23. The molecule has 0 atom stereocenters. The summed E-state index contributed by atoms with van der Waals surface area (Å²) in [6.07, 6.45) is 16.3. The maximum Gasteiger partial charge on any atom is 0.0242 e. The average Bonchev–Trinajstić information content (AvgIpc) is 2.96. The summed E-state index contributed by atoms with van der Waals surface area (Å²) in [6, 6.07) is 24.4. The van der Waals surface area contributed by atoms with E-state index >= 15 is 0 Å². The number of nitrogens with one attached hydrogen (secondary N) is 3. The van der Waals surface area contributed by atoms with Gasteiger partial charge in [-0.3, -0.25) is 4.90 Å². The maximum absolute atomic E-state index is 5.45. The fourth-order valence-electron chi connectivity index (χ4n) is 3.90. The first-order valence-electron chi connectivity index (χ1n) is 12.7. The average molecular weight is 489 g/mol. The molecule has 3 N–H and O–H groups in total. The van der Waals surface area contributed by atoms with Crippen LogP contribution in [0.25, 0.3) is 0 Å². The molecule has 188 valence electrons. The van der Waals surface area contributed by atoms with E-state index in [2.05, 4.69) is 75.0 Å². The van der Waals surface area contributed by atoms with Crippen LogP contribution in [0.4, 0.5) is 0 Å². The summed E-state index contributed by atoms with van der Waals surface area (Å²) in [5.41, 5.74) is 6.44. The Labute approximate surface area is 222 Å². The Bertz CT molecular complexity index is 1030. The summed E-state index contributed by atoms with van der Waals surface area (Å²) >= 11 is 0. The second kappa shape index (κ2) is 16.0. The van der Waals surface area contributed by atoms with E-state index in [1.54, 1.807) is 0 Å². The van der Waals surface area contributed by atoms with Crippen LogP contribution in [0.3, 0.4) is 0 Å². The van der Waals surface area contributed by atoms with Gasteiger partial charge >= 0.3 is 0 Å². The van der Waals surface area contributed by atoms with Gasteiger partial charge in [0.15, 0.2) is 0 Å². The van der Waals surface area contributed by atoms with Gasteiger partial charge in [0.05, 0.1) is 0 Å². The van der Waals surface area contributed by atoms with E-state index < -0.39 is 0 Å². The summed E-state index contributed by atoms with van der Waals surface area (Å²) in [4.78, 5) is 2.48. The third kappa shape index (κ3) is 10.4. The molecule has 0 amide bonds. The number of benzene rings is 3. The molecular weight excluding hydrogens is 452 g/mol. The second-order valence-electron chi connectivity index (χ2n) is 8.90. The van der Waals surface area contributed by atoms with Crippen molar-refractivity contribution in [2.45, 2.75) is 19.6 Å². The molecular formula is C33H36N4. The number of hydrogen-bond donors (Lipinski definition) is 3. The van der Waals surface area contributed by atoms with Gasteiger partial charge in [-0.25, -0.2) is 0 Å². The second-order valence-corrected chi connectivity index (χ2v) is 8.90. The zero-order chi connectivity index (χ0) is 26.1. The molecule has 37 heavy (non-hydrogen) atoms. The first-order valence-corrected chi connectivity index (χ1v) is 12.7. The third-order valence-electron chi connectivity index (χ3n) is 6.16. The molecule has 4 nitrogen and oxygen atoms in total. The summed E-state index contributed by atoms with van der Waals surface area (Å²) in [6.45, 7) is 8.15. The Morgan fingerprint density at radius 2 is 0.730 bits per heavy atom. The van der Waals surface area contributed by atoms with Crippen LogP contribution in [0.1, 0.15) is 33.4 Å². The minimum Gasteiger partial charge on any atom is -0.311 e. The summed E-state index contributed by atoms with van der Waals surface area (Å²) in [7, 11) is 0. The molecule has 0 saturated heterocycles. The minimum absolute atomic E-state index is 0.830. The van der Waals surface area contributed by atoms with E-state index in [1.165, 1.54) is 16.7 Å². The van der Waals surface area contributed by atoms with E-state index in [1.807, 2.05) is 36.4 Å². The van der Waals surface area contributed by atoms with Crippen molar-refractivity contribution in [3.8, 4) is 37.0 Å². The van der Waals surface area contributed by atoms with Crippen LogP contribution in [0, 0.1) is 37.0 Å². The molecule has 0 aliphatic carbocycles. The Balaban J connectivity index is 1.41. The van der Waals surface area contributed by atoms with Crippen molar-refractivity contribution in [3.63, 3.8) is 0 Å². The summed E-state index contributed by atoms with van der Waals surface area (Å²) < 4.78 is 0. The van der Waals surface area contributed by atoms with Crippen LogP contribution in [-0.2, 0) is 19.6 Å². The topological polar surface area (TPSA) is 39.3 Å². The van der Waals surface area contributed by atoms with Crippen molar-refractivity contribution in [3.05, 3.63) is 106 Å². The minimum atomic E-state index is 0.830. The SMILES string of the molecule is C#Cc1ccc(CNCCN(CCNCc2ccc(C#C)cc2)CCNCc2ccc(C#C)cc2)cc1. The Morgan fingerprint density at radius 1 is 0.459 bits per heavy atom. The van der Waals surface area contributed by atoms with Gasteiger partial charge in [-0.1, -0.05) is 54.2 Å². The molecule has 0 aromatic heterocycles. The van der Waals surface area contributed by atoms with Crippen LogP contribution in [0.2, 0.25) is 0 Å². The highest BCUT2D eigenvalue weighted by Crippen LogP contribution is 2.05. The number of hydrogen-bond acceptors (Lipinski definition) is 4. The normalized spacial score (nSPS) is 10.5. The predicted octanol–water partition coefficient (Wildman–Crippen LogP) is 3.60. The molecule has 0 bridgehead atoms. The van der Waals surface area contributed by atoms with Crippen molar-refractivity contribution in [1.29, 1.82) is 0 Å². The number of terminal acetylenes is 3. The van der Waals surface area contributed by atoms with E-state index in [9.17, 15) is 0 Å². The zero-order valence-electron chi connectivity index (χ0n) is 21.5. The van der Waals surface area contributed by atoms with Crippen molar-refractivity contribution in [2.24, 2.45) is 0 Å². The monoisotopic (exact) mass is 488 g/mol. The van der Waals surface area contributed by atoms with E-state index in [0.717, 1.165) is 75.6 Å². The molecule has 0 aliphatic rings. The summed E-state index contributed by atoms with van der Waals surface area (Å²) in [5.74, 6) is 7.98. The molecule has 3 rings (SSSR count). The van der Waals surface area contributed by atoms with Crippen molar-refractivity contribution in [1.82, 2.24) is 20.9 Å². The van der Waals surface area contributed by atoms with Crippen molar-refractivity contribution >= 4 is 0 Å². The lowest BCUT2D eigenvalue weighted by Crippen LogP contribution is -2.40. The molecule has 0 heterocycles. The number of rotatable bonds is 15. The Hall–Kier alpha value is -3.82. The maximum atomic E-state index is 5.45. The van der Waals surface area contributed by atoms with Crippen LogP contribution >= 0.6 is 0 Å². The molecule has 0 saturated carbocycles. The van der Waals surface area contributed by atoms with Gasteiger partial charge in [0.25, 0.3) is 0 Å². The summed E-state index contributed by atoms with van der Waals surface area (Å²) in [5, 5.41) is 10.7. The van der Waals surface area contributed by atoms with Crippen LogP contribution in [0.5, 0.6) is 0 Å². The van der Waals surface area contributed by atoms with Gasteiger partial charge < -0.3 is 16.0 Å². The molecule has 0 radical (unpaired) electrons. The Morgan fingerprint density at radius 3 is 0.973 bits per heavy atom. The van der Waals surface area contributed by atoms with Crippen molar-refractivity contribution in [2.75, 3.05) is 39.3 Å².